The molecular formula is C24H21N5O3. The van der Waals surface area contributed by atoms with E-state index in [0.29, 0.717) is 25.2 Å². The van der Waals surface area contributed by atoms with Gasteiger partial charge in [0.1, 0.15) is 17.4 Å². The van der Waals surface area contributed by atoms with Gasteiger partial charge in [0.15, 0.2) is 5.78 Å². The minimum atomic E-state index is -0.675. The molecule has 1 atom stereocenters. The predicted molar refractivity (Wildman–Crippen MR) is 126 cm³/mol. The number of hydrogen-bond donors (Lipinski definition) is 3. The van der Waals surface area contributed by atoms with Gasteiger partial charge < -0.3 is 16.0 Å². The summed E-state index contributed by atoms with van der Waals surface area (Å²) in [5.41, 5.74) is 7.83. The van der Waals surface area contributed by atoms with Gasteiger partial charge in [0.2, 0.25) is 0 Å². The standard InChI is InChI=1S/C24H21N5O3/c25-20-21(24(32)23(20)31)29-12-11-26-13-19(29)22(30)15-8-5-14(6-9-15)7-10-18-16-3-1-2-4-17(16)27-28-18/h1-10,19,26H,11-13,25H2,(H,27,28)/b10-7+. The summed E-state index contributed by atoms with van der Waals surface area (Å²) in [5.74, 6) is -0.126. The molecule has 8 nitrogen and oxygen atoms in total. The van der Waals surface area contributed by atoms with E-state index in [1.165, 1.54) is 0 Å². The molecule has 1 fully saturated rings. The van der Waals surface area contributed by atoms with E-state index < -0.39 is 16.9 Å². The van der Waals surface area contributed by atoms with Crippen LogP contribution in [0.4, 0.5) is 11.4 Å². The molecule has 1 unspecified atom stereocenters. The summed E-state index contributed by atoms with van der Waals surface area (Å²) in [6, 6.07) is 14.6. The number of nitrogens with one attached hydrogen (secondary N) is 2. The van der Waals surface area contributed by atoms with Crippen molar-refractivity contribution in [3.63, 3.8) is 0 Å². The molecule has 2 heterocycles. The zero-order valence-electron chi connectivity index (χ0n) is 17.2. The molecule has 0 aliphatic carbocycles. The number of H-pyrrole nitrogens is 1. The molecule has 1 aliphatic heterocycles. The molecule has 1 aliphatic rings. The Labute approximate surface area is 183 Å². The second-order valence-corrected chi connectivity index (χ2v) is 7.81. The number of aromatic amines is 1. The number of carbonyl (C=O) groups is 1. The Kier molecular flexibility index (Phi) is 4.91. The average molecular weight is 427 g/mol. The lowest BCUT2D eigenvalue weighted by atomic mass is 9.98. The Hall–Kier alpha value is -4.04. The Morgan fingerprint density at radius 1 is 1.06 bits per heavy atom. The van der Waals surface area contributed by atoms with Gasteiger partial charge >= 0.3 is 0 Å². The van der Waals surface area contributed by atoms with Crippen LogP contribution in [0.1, 0.15) is 21.6 Å². The van der Waals surface area contributed by atoms with E-state index in [1.807, 2.05) is 48.6 Å². The first kappa shape index (κ1) is 19.9. The quantitative estimate of drug-likeness (QED) is 0.327. The number of piperazine rings is 1. The number of rotatable bonds is 5. The van der Waals surface area contributed by atoms with Crippen LogP contribution < -0.4 is 26.8 Å². The maximum Gasteiger partial charge on any atom is 0.253 e. The van der Waals surface area contributed by atoms with Crippen LogP contribution in [0.2, 0.25) is 0 Å². The summed E-state index contributed by atoms with van der Waals surface area (Å²) in [6.45, 7) is 1.42. The van der Waals surface area contributed by atoms with Gasteiger partial charge in [0, 0.05) is 30.6 Å². The van der Waals surface area contributed by atoms with Gasteiger partial charge in [-0.25, -0.2) is 0 Å². The fourth-order valence-electron chi connectivity index (χ4n) is 4.13. The van der Waals surface area contributed by atoms with E-state index in [4.69, 9.17) is 5.73 Å². The topological polar surface area (TPSA) is 121 Å². The molecule has 5 rings (SSSR count). The first-order valence-electron chi connectivity index (χ1n) is 10.4. The highest BCUT2D eigenvalue weighted by Gasteiger charge is 2.35. The highest BCUT2D eigenvalue weighted by Crippen LogP contribution is 2.23. The largest absolute Gasteiger partial charge is 0.394 e. The number of Topliss-reactive ketones (excluding diaryl/α,β-unsaturated/α-hetero) is 1. The van der Waals surface area contributed by atoms with E-state index in [-0.39, 0.29) is 17.2 Å². The summed E-state index contributed by atoms with van der Waals surface area (Å²) in [6.07, 6.45) is 3.87. The molecule has 1 aromatic heterocycles. The van der Waals surface area contributed by atoms with Crippen LogP contribution in [0.3, 0.4) is 0 Å². The third-order valence-corrected chi connectivity index (χ3v) is 5.88. The molecule has 0 bridgehead atoms. The third kappa shape index (κ3) is 3.30. The van der Waals surface area contributed by atoms with Crippen LogP contribution in [0, 0.1) is 0 Å². The van der Waals surface area contributed by atoms with Crippen molar-refractivity contribution >= 4 is 40.2 Å². The SMILES string of the molecule is Nc1c(N2CCNCC2C(=O)c2ccc(/C=C/c3n[nH]c4ccccc34)cc2)c(=O)c1=O. The van der Waals surface area contributed by atoms with Crippen molar-refractivity contribution in [3.05, 3.63) is 85.8 Å². The number of nitrogens with zero attached hydrogens (tertiary/aromatic N) is 2. The zero-order valence-corrected chi connectivity index (χ0v) is 17.2. The van der Waals surface area contributed by atoms with E-state index in [1.54, 1.807) is 17.0 Å². The van der Waals surface area contributed by atoms with E-state index in [9.17, 15) is 14.4 Å². The average Bonchev–Trinajstić information content (AvgIpc) is 3.26. The van der Waals surface area contributed by atoms with Gasteiger partial charge in [-0.1, -0.05) is 48.5 Å². The van der Waals surface area contributed by atoms with Gasteiger partial charge in [-0.3, -0.25) is 19.5 Å². The van der Waals surface area contributed by atoms with Gasteiger partial charge in [-0.15, -0.1) is 0 Å². The first-order valence-corrected chi connectivity index (χ1v) is 10.4. The maximum absolute atomic E-state index is 13.2. The summed E-state index contributed by atoms with van der Waals surface area (Å²) < 4.78 is 0. The number of fused-ring (bicyclic) bond motifs is 1. The number of nitrogens with two attached hydrogens (primary N) is 1. The smallest absolute Gasteiger partial charge is 0.253 e. The highest BCUT2D eigenvalue weighted by atomic mass is 16.2. The molecule has 32 heavy (non-hydrogen) atoms. The van der Waals surface area contributed by atoms with Gasteiger partial charge in [-0.2, -0.15) is 5.10 Å². The minimum absolute atomic E-state index is 0.0546. The molecule has 4 aromatic rings. The monoisotopic (exact) mass is 427 g/mol. The number of hydrogen-bond acceptors (Lipinski definition) is 7. The van der Waals surface area contributed by atoms with Crippen molar-refractivity contribution in [3.8, 4) is 0 Å². The Morgan fingerprint density at radius 2 is 1.84 bits per heavy atom. The van der Waals surface area contributed by atoms with Crippen LogP contribution >= 0.6 is 0 Å². The number of aromatic nitrogens is 2. The molecule has 4 N–H and O–H groups in total. The third-order valence-electron chi connectivity index (χ3n) is 5.88. The summed E-state index contributed by atoms with van der Waals surface area (Å²) >= 11 is 0. The van der Waals surface area contributed by atoms with Crippen molar-refractivity contribution < 1.29 is 4.79 Å². The number of nitrogen functional groups attached to an aromatic ring is 1. The van der Waals surface area contributed by atoms with Crippen LogP contribution in [0.15, 0.2) is 58.1 Å². The second kappa shape index (κ2) is 7.90. The summed E-state index contributed by atoms with van der Waals surface area (Å²) in [5, 5.41) is 11.5. The molecular weight excluding hydrogens is 406 g/mol. The molecule has 0 spiro atoms. The number of benzene rings is 2. The highest BCUT2D eigenvalue weighted by molar-refractivity contribution is 6.03. The van der Waals surface area contributed by atoms with Crippen LogP contribution in [-0.2, 0) is 0 Å². The zero-order chi connectivity index (χ0) is 22.2. The number of anilines is 2. The molecule has 1 saturated heterocycles. The molecule has 8 heteroatoms. The van der Waals surface area contributed by atoms with E-state index in [0.717, 1.165) is 22.2 Å². The van der Waals surface area contributed by atoms with Crippen LogP contribution in [-0.4, -0.2) is 41.7 Å². The van der Waals surface area contributed by atoms with Crippen molar-refractivity contribution in [1.29, 1.82) is 0 Å². The molecule has 160 valence electrons. The fraction of sp³-hybridized carbons (Fsp3) is 0.167. The Balaban J connectivity index is 1.35. The van der Waals surface area contributed by atoms with Crippen LogP contribution in [0.5, 0.6) is 0 Å². The lowest BCUT2D eigenvalue weighted by Crippen LogP contribution is -2.58. The van der Waals surface area contributed by atoms with Crippen molar-refractivity contribution in [2.45, 2.75) is 6.04 Å². The van der Waals surface area contributed by atoms with Crippen molar-refractivity contribution in [1.82, 2.24) is 15.5 Å². The van der Waals surface area contributed by atoms with Gasteiger partial charge in [0.05, 0.1) is 11.2 Å². The van der Waals surface area contributed by atoms with Gasteiger partial charge in [-0.05, 0) is 17.7 Å². The summed E-state index contributed by atoms with van der Waals surface area (Å²) in [7, 11) is 0. The molecule has 0 saturated carbocycles. The Morgan fingerprint density at radius 3 is 2.62 bits per heavy atom. The minimum Gasteiger partial charge on any atom is -0.394 e. The summed E-state index contributed by atoms with van der Waals surface area (Å²) in [4.78, 5) is 38.4. The predicted octanol–water partition coefficient (Wildman–Crippen LogP) is 1.57. The van der Waals surface area contributed by atoms with Crippen molar-refractivity contribution in [2.24, 2.45) is 0 Å². The normalized spacial score (nSPS) is 16.9. The molecule has 3 aromatic carbocycles. The van der Waals surface area contributed by atoms with E-state index in [2.05, 4.69) is 15.5 Å². The molecule has 0 radical (unpaired) electrons. The maximum atomic E-state index is 13.2. The number of para-hydroxylation sites is 1. The lowest BCUT2D eigenvalue weighted by molar-refractivity contribution is 0.0950. The van der Waals surface area contributed by atoms with Crippen molar-refractivity contribution in [2.75, 3.05) is 30.3 Å². The Bertz CT molecular complexity index is 1410. The van der Waals surface area contributed by atoms with Gasteiger partial charge in [0.25, 0.3) is 10.9 Å². The van der Waals surface area contributed by atoms with E-state index >= 15 is 0 Å². The lowest BCUT2D eigenvalue weighted by Gasteiger charge is -2.37. The second-order valence-electron chi connectivity index (χ2n) is 7.81. The number of carbonyl (C=O) groups excluding carboxylic acids is 1. The fourth-order valence-corrected chi connectivity index (χ4v) is 4.13. The molecule has 0 amide bonds. The first-order chi connectivity index (χ1) is 15.5. The number of ketones is 1. The van der Waals surface area contributed by atoms with Crippen LogP contribution in [0.25, 0.3) is 23.1 Å².